The summed E-state index contributed by atoms with van der Waals surface area (Å²) in [6.07, 6.45) is 3.23. The lowest BCUT2D eigenvalue weighted by molar-refractivity contribution is 0.629. The average Bonchev–Trinajstić information content (AvgIpc) is 3.16. The van der Waals surface area contributed by atoms with Gasteiger partial charge in [-0.1, -0.05) is 13.0 Å². The van der Waals surface area contributed by atoms with Gasteiger partial charge in [-0.05, 0) is 60.5 Å². The Morgan fingerprint density at radius 2 is 1.97 bits per heavy atom. The number of nitrogen functional groups attached to an aromatic ring is 1. The van der Waals surface area contributed by atoms with Gasteiger partial charge in [-0.2, -0.15) is 0 Å². The molecule has 1 aromatic heterocycles. The Morgan fingerprint density at radius 3 is 2.77 bits per heavy atom. The van der Waals surface area contributed by atoms with E-state index in [1.807, 2.05) is 30.6 Å². The fourth-order valence-corrected chi connectivity index (χ4v) is 3.66. The molecule has 30 heavy (non-hydrogen) atoms. The van der Waals surface area contributed by atoms with Crippen LogP contribution < -0.4 is 21.7 Å². The van der Waals surface area contributed by atoms with Crippen molar-refractivity contribution < 1.29 is 4.39 Å². The van der Waals surface area contributed by atoms with E-state index >= 15 is 0 Å². The van der Waals surface area contributed by atoms with Gasteiger partial charge in [-0.3, -0.25) is 4.98 Å². The first-order chi connectivity index (χ1) is 14.5. The summed E-state index contributed by atoms with van der Waals surface area (Å²) in [5.74, 6) is -0.322. The van der Waals surface area contributed by atoms with Crippen LogP contribution in [0.4, 0.5) is 21.5 Å². The number of rotatable bonds is 6. The summed E-state index contributed by atoms with van der Waals surface area (Å²) in [5, 5.41) is 18.4. The molecule has 0 fully saturated rings. The molecular weight excluding hydrogens is 379 g/mol. The van der Waals surface area contributed by atoms with Crippen molar-refractivity contribution >= 4 is 22.8 Å². The Kier molecular flexibility index (Phi) is 5.37. The molecular formula is C23H25FN6. The molecule has 0 unspecified atom stereocenters. The van der Waals surface area contributed by atoms with Crippen molar-refractivity contribution in [2.75, 3.05) is 22.9 Å². The van der Waals surface area contributed by atoms with Gasteiger partial charge in [0, 0.05) is 35.8 Å². The number of halogens is 1. The number of benzene rings is 2. The zero-order valence-electron chi connectivity index (χ0n) is 17.0. The summed E-state index contributed by atoms with van der Waals surface area (Å²) in [5.41, 5.74) is 13.3. The smallest absolute Gasteiger partial charge is 0.141 e. The lowest BCUT2D eigenvalue weighted by Gasteiger charge is -2.18. The van der Waals surface area contributed by atoms with Crippen LogP contribution in [-0.4, -0.2) is 23.4 Å². The van der Waals surface area contributed by atoms with Crippen LogP contribution in [0.2, 0.25) is 0 Å². The topological polar surface area (TPSA) is 98.8 Å². The van der Waals surface area contributed by atoms with Crippen molar-refractivity contribution in [1.82, 2.24) is 10.3 Å². The quantitative estimate of drug-likeness (QED) is 0.314. The van der Waals surface area contributed by atoms with E-state index in [4.69, 9.17) is 11.1 Å². The van der Waals surface area contributed by atoms with Crippen molar-refractivity contribution in [2.45, 2.75) is 26.6 Å². The summed E-state index contributed by atoms with van der Waals surface area (Å²) in [7, 11) is 0. The van der Waals surface area contributed by atoms with Gasteiger partial charge in [0.2, 0.25) is 0 Å². The number of hydrogen-bond donors (Lipinski definition) is 5. The van der Waals surface area contributed by atoms with Crippen molar-refractivity contribution in [3.05, 3.63) is 71.3 Å². The number of hydrogen-bond acceptors (Lipinski definition) is 6. The standard InChI is InChI=1S/C23H25FN6/c1-3-27-10-15-11-28-12-18(13(15)2)14-4-6-19(25)17(8-14)22(26)23-29-20-7-5-16(24)9-21(20)30-23/h4-9,11-12,23,26-27,29-30H,3,10,25H2,1-2H3/t23-/m0/s1. The highest BCUT2D eigenvalue weighted by atomic mass is 19.1. The second-order valence-corrected chi connectivity index (χ2v) is 7.38. The second-order valence-electron chi connectivity index (χ2n) is 7.38. The third-order valence-corrected chi connectivity index (χ3v) is 5.41. The summed E-state index contributed by atoms with van der Waals surface area (Å²) < 4.78 is 13.5. The maximum atomic E-state index is 13.5. The van der Waals surface area contributed by atoms with Crippen molar-refractivity contribution in [2.24, 2.45) is 0 Å². The predicted octanol–water partition coefficient (Wildman–Crippen LogP) is 4.12. The number of nitrogens with zero attached hydrogens (tertiary/aromatic N) is 1. The first-order valence-electron chi connectivity index (χ1n) is 9.93. The fourth-order valence-electron chi connectivity index (χ4n) is 3.66. The first-order valence-corrected chi connectivity index (χ1v) is 9.93. The summed E-state index contributed by atoms with van der Waals surface area (Å²) in [4.78, 5) is 4.40. The summed E-state index contributed by atoms with van der Waals surface area (Å²) in [6.45, 7) is 5.80. The maximum absolute atomic E-state index is 13.5. The molecule has 0 spiro atoms. The van der Waals surface area contributed by atoms with Gasteiger partial charge in [0.1, 0.15) is 12.0 Å². The number of nitrogens with two attached hydrogens (primary N) is 1. The van der Waals surface area contributed by atoms with E-state index in [-0.39, 0.29) is 5.82 Å². The van der Waals surface area contributed by atoms with E-state index in [9.17, 15) is 4.39 Å². The van der Waals surface area contributed by atoms with E-state index in [0.717, 1.165) is 41.0 Å². The Morgan fingerprint density at radius 1 is 1.17 bits per heavy atom. The molecule has 6 nitrogen and oxygen atoms in total. The van der Waals surface area contributed by atoms with Gasteiger partial charge in [0.05, 0.1) is 17.1 Å². The van der Waals surface area contributed by atoms with Crippen LogP contribution in [0, 0.1) is 18.2 Å². The third-order valence-electron chi connectivity index (χ3n) is 5.41. The first kappa shape index (κ1) is 19.8. The Labute approximate surface area is 175 Å². The van der Waals surface area contributed by atoms with Crippen molar-refractivity contribution in [3.8, 4) is 11.1 Å². The van der Waals surface area contributed by atoms with Crippen LogP contribution in [0.25, 0.3) is 11.1 Å². The molecule has 0 amide bonds. The van der Waals surface area contributed by atoms with Gasteiger partial charge in [0.15, 0.2) is 0 Å². The molecule has 3 aromatic rings. The molecule has 2 heterocycles. The molecule has 2 aromatic carbocycles. The highest BCUT2D eigenvalue weighted by Crippen LogP contribution is 2.33. The molecule has 7 heteroatoms. The van der Waals surface area contributed by atoms with Crippen LogP contribution in [0.1, 0.15) is 23.6 Å². The highest BCUT2D eigenvalue weighted by Gasteiger charge is 2.26. The third kappa shape index (κ3) is 3.71. The number of anilines is 3. The fraction of sp³-hybridized carbons (Fsp3) is 0.217. The van der Waals surface area contributed by atoms with E-state index in [1.54, 1.807) is 6.07 Å². The van der Waals surface area contributed by atoms with Crippen LogP contribution in [0.3, 0.4) is 0 Å². The van der Waals surface area contributed by atoms with Crippen molar-refractivity contribution in [3.63, 3.8) is 0 Å². The van der Waals surface area contributed by atoms with Crippen LogP contribution in [0.5, 0.6) is 0 Å². The number of pyridine rings is 1. The normalized spacial score (nSPS) is 14.7. The second kappa shape index (κ2) is 8.12. The Hall–Kier alpha value is -3.45. The van der Waals surface area contributed by atoms with Crippen LogP contribution >= 0.6 is 0 Å². The van der Waals surface area contributed by atoms with E-state index < -0.39 is 6.17 Å². The molecule has 1 aliphatic rings. The van der Waals surface area contributed by atoms with E-state index in [1.165, 1.54) is 12.1 Å². The number of aromatic nitrogens is 1. The van der Waals surface area contributed by atoms with Gasteiger partial charge >= 0.3 is 0 Å². The molecule has 0 aliphatic carbocycles. The van der Waals surface area contributed by atoms with Crippen LogP contribution in [-0.2, 0) is 6.54 Å². The molecule has 1 aliphatic heterocycles. The van der Waals surface area contributed by atoms with Crippen LogP contribution in [0.15, 0.2) is 48.8 Å². The van der Waals surface area contributed by atoms with Gasteiger partial charge in [-0.15, -0.1) is 0 Å². The Bertz CT molecular complexity index is 1110. The lowest BCUT2D eigenvalue weighted by atomic mass is 9.95. The van der Waals surface area contributed by atoms with Gasteiger partial charge in [-0.25, -0.2) is 4.39 Å². The molecule has 0 saturated carbocycles. The number of fused-ring (bicyclic) bond motifs is 1. The summed E-state index contributed by atoms with van der Waals surface area (Å²) in [6, 6.07) is 10.2. The van der Waals surface area contributed by atoms with E-state index in [2.05, 4.69) is 34.8 Å². The molecule has 0 radical (unpaired) electrons. The highest BCUT2D eigenvalue weighted by molar-refractivity contribution is 6.10. The molecule has 0 saturated heterocycles. The maximum Gasteiger partial charge on any atom is 0.141 e. The van der Waals surface area contributed by atoms with Crippen molar-refractivity contribution in [1.29, 1.82) is 5.41 Å². The zero-order chi connectivity index (χ0) is 21.3. The average molecular weight is 404 g/mol. The Balaban J connectivity index is 1.64. The molecule has 154 valence electrons. The monoisotopic (exact) mass is 404 g/mol. The van der Waals surface area contributed by atoms with Gasteiger partial charge in [0.25, 0.3) is 0 Å². The molecule has 1 atom stereocenters. The largest absolute Gasteiger partial charge is 0.398 e. The molecule has 4 rings (SSSR count). The lowest BCUT2D eigenvalue weighted by Crippen LogP contribution is -2.32. The zero-order valence-corrected chi connectivity index (χ0v) is 17.0. The van der Waals surface area contributed by atoms with Gasteiger partial charge < -0.3 is 27.1 Å². The SMILES string of the molecule is CCNCc1cncc(-c2ccc(N)c(C(=N)[C@H]3Nc4ccc(F)cc4N3)c2)c1C. The van der Waals surface area contributed by atoms with E-state index in [0.29, 0.717) is 22.6 Å². The minimum absolute atomic E-state index is 0.292. The molecule has 6 N–H and O–H groups in total. The minimum Gasteiger partial charge on any atom is -0.398 e. The molecule has 0 bridgehead atoms. The number of nitrogens with one attached hydrogen (secondary N) is 4. The predicted molar refractivity (Wildman–Crippen MR) is 120 cm³/mol. The summed E-state index contributed by atoms with van der Waals surface area (Å²) >= 11 is 0. The minimum atomic E-state index is -0.487.